The van der Waals surface area contributed by atoms with Crippen LogP contribution in [0.5, 0.6) is 0 Å². The Morgan fingerprint density at radius 2 is 2.20 bits per heavy atom. The maximum Gasteiger partial charge on any atom is 0.109 e. The van der Waals surface area contributed by atoms with Gasteiger partial charge in [0, 0.05) is 24.1 Å². The van der Waals surface area contributed by atoms with Gasteiger partial charge in [0.1, 0.15) is 6.10 Å². The third-order valence-electron chi connectivity index (χ3n) is 2.31. The summed E-state index contributed by atoms with van der Waals surface area (Å²) in [6, 6.07) is 0. The van der Waals surface area contributed by atoms with Gasteiger partial charge >= 0.3 is 0 Å². The lowest BCUT2D eigenvalue weighted by Gasteiger charge is -2.14. The summed E-state index contributed by atoms with van der Waals surface area (Å²) >= 11 is 3.95. The predicted molar refractivity (Wildman–Crippen MR) is 62.1 cm³/mol. The molecule has 1 aromatic rings. The number of aliphatic hydroxyl groups excluding tert-OH is 2. The Kier molecular flexibility index (Phi) is 4.63. The van der Waals surface area contributed by atoms with Crippen LogP contribution in [0.3, 0.4) is 0 Å². The first-order valence-electron chi connectivity index (χ1n) is 5.11. The van der Waals surface area contributed by atoms with Crippen molar-refractivity contribution in [2.75, 3.05) is 5.75 Å². The third-order valence-corrected chi connectivity index (χ3v) is 2.68. The van der Waals surface area contributed by atoms with Gasteiger partial charge in [-0.25, -0.2) is 0 Å². The number of thiol groups is 1. The van der Waals surface area contributed by atoms with E-state index < -0.39 is 12.2 Å². The average Bonchev–Trinajstić information content (AvgIpc) is 2.58. The van der Waals surface area contributed by atoms with E-state index >= 15 is 0 Å². The molecule has 0 saturated heterocycles. The van der Waals surface area contributed by atoms with E-state index in [4.69, 9.17) is 0 Å². The Labute approximate surface area is 95.3 Å². The molecule has 0 fully saturated rings. The number of aliphatic hydroxyl groups is 2. The molecule has 0 spiro atoms. The highest BCUT2D eigenvalue weighted by Crippen LogP contribution is 2.20. The van der Waals surface area contributed by atoms with Crippen molar-refractivity contribution in [2.24, 2.45) is 0 Å². The van der Waals surface area contributed by atoms with Crippen molar-refractivity contribution >= 4 is 12.6 Å². The summed E-state index contributed by atoms with van der Waals surface area (Å²) in [7, 11) is 0. The molecule has 4 nitrogen and oxygen atoms in total. The van der Waals surface area contributed by atoms with Crippen LogP contribution in [0.15, 0.2) is 6.20 Å². The highest BCUT2D eigenvalue weighted by Gasteiger charge is 2.20. The van der Waals surface area contributed by atoms with Crippen LogP contribution in [0, 0.1) is 6.92 Å². The fraction of sp³-hybridized carbons (Fsp3) is 0.700. The zero-order valence-electron chi connectivity index (χ0n) is 9.09. The summed E-state index contributed by atoms with van der Waals surface area (Å²) < 4.78 is 1.79. The molecule has 0 aliphatic rings. The van der Waals surface area contributed by atoms with E-state index in [1.807, 2.05) is 6.92 Å². The van der Waals surface area contributed by atoms with Gasteiger partial charge in [0.25, 0.3) is 0 Å². The second kappa shape index (κ2) is 5.53. The predicted octanol–water partition coefficient (Wildman–Crippen LogP) is 0.926. The zero-order valence-corrected chi connectivity index (χ0v) is 9.98. The molecule has 1 heterocycles. The molecule has 0 aromatic carbocycles. The van der Waals surface area contributed by atoms with Gasteiger partial charge in [-0.15, -0.1) is 0 Å². The summed E-state index contributed by atoms with van der Waals surface area (Å²) in [6.07, 6.45) is 1.04. The standard InChI is InChI=1S/C10H18N2O2S/c1-3-4-12-5-8(7(2)11-12)10(14)9(13)6-15/h5,9-10,13-15H,3-4,6H2,1-2H3. The zero-order chi connectivity index (χ0) is 11.4. The second-order valence-corrected chi connectivity index (χ2v) is 3.99. The molecule has 1 aromatic heterocycles. The fourth-order valence-electron chi connectivity index (χ4n) is 1.47. The maximum absolute atomic E-state index is 9.80. The monoisotopic (exact) mass is 230 g/mol. The van der Waals surface area contributed by atoms with E-state index in [2.05, 4.69) is 24.7 Å². The molecular formula is C10H18N2O2S. The SMILES string of the molecule is CCCn1cc(C(O)C(O)CS)c(C)n1. The first kappa shape index (κ1) is 12.5. The number of rotatable bonds is 5. The molecule has 15 heavy (non-hydrogen) atoms. The molecule has 0 bridgehead atoms. The lowest BCUT2D eigenvalue weighted by Crippen LogP contribution is -2.20. The van der Waals surface area contributed by atoms with E-state index in [0.717, 1.165) is 18.7 Å². The summed E-state index contributed by atoms with van der Waals surface area (Å²) in [6.45, 7) is 4.72. The summed E-state index contributed by atoms with van der Waals surface area (Å²) in [5.74, 6) is 0.236. The van der Waals surface area contributed by atoms with Crippen LogP contribution in [0.1, 0.15) is 30.7 Å². The van der Waals surface area contributed by atoms with E-state index in [0.29, 0.717) is 5.56 Å². The molecule has 2 unspecified atom stereocenters. The molecule has 0 aliphatic carbocycles. The van der Waals surface area contributed by atoms with Crippen molar-refractivity contribution in [2.45, 2.75) is 39.0 Å². The van der Waals surface area contributed by atoms with Crippen LogP contribution in [0.25, 0.3) is 0 Å². The van der Waals surface area contributed by atoms with Crippen LogP contribution in [0.2, 0.25) is 0 Å². The minimum absolute atomic E-state index is 0.236. The first-order valence-corrected chi connectivity index (χ1v) is 5.74. The van der Waals surface area contributed by atoms with E-state index in [1.165, 1.54) is 0 Å². The average molecular weight is 230 g/mol. The highest BCUT2D eigenvalue weighted by molar-refractivity contribution is 7.80. The van der Waals surface area contributed by atoms with Gasteiger partial charge in [-0.3, -0.25) is 4.68 Å². The Morgan fingerprint density at radius 1 is 1.53 bits per heavy atom. The maximum atomic E-state index is 9.80. The molecular weight excluding hydrogens is 212 g/mol. The van der Waals surface area contributed by atoms with Crippen molar-refractivity contribution in [3.63, 3.8) is 0 Å². The van der Waals surface area contributed by atoms with Crippen molar-refractivity contribution in [1.82, 2.24) is 9.78 Å². The van der Waals surface area contributed by atoms with Crippen LogP contribution in [-0.2, 0) is 6.54 Å². The fourth-order valence-corrected chi connectivity index (χ4v) is 1.67. The Hall–Kier alpha value is -0.520. The quantitative estimate of drug-likeness (QED) is 0.659. The molecule has 2 N–H and O–H groups in total. The molecule has 0 aliphatic heterocycles. The van der Waals surface area contributed by atoms with Gasteiger partial charge in [-0.2, -0.15) is 17.7 Å². The molecule has 2 atom stereocenters. The van der Waals surface area contributed by atoms with E-state index in [1.54, 1.807) is 10.9 Å². The second-order valence-electron chi connectivity index (χ2n) is 3.63. The number of aromatic nitrogens is 2. The normalized spacial score (nSPS) is 15.3. The van der Waals surface area contributed by atoms with Gasteiger partial charge in [0.15, 0.2) is 0 Å². The van der Waals surface area contributed by atoms with Gasteiger partial charge in [0.2, 0.25) is 0 Å². The van der Waals surface area contributed by atoms with Crippen molar-refractivity contribution in [3.8, 4) is 0 Å². The van der Waals surface area contributed by atoms with Gasteiger partial charge in [-0.05, 0) is 13.3 Å². The van der Waals surface area contributed by atoms with Gasteiger partial charge in [0.05, 0.1) is 11.8 Å². The molecule has 86 valence electrons. The molecule has 1 rings (SSSR count). The number of hydrogen-bond donors (Lipinski definition) is 3. The van der Waals surface area contributed by atoms with E-state index in [-0.39, 0.29) is 5.75 Å². The van der Waals surface area contributed by atoms with Gasteiger partial charge in [-0.1, -0.05) is 6.92 Å². The van der Waals surface area contributed by atoms with Crippen LogP contribution in [0.4, 0.5) is 0 Å². The van der Waals surface area contributed by atoms with Crippen LogP contribution in [-0.4, -0.2) is 31.9 Å². The molecule has 0 amide bonds. The van der Waals surface area contributed by atoms with Gasteiger partial charge < -0.3 is 10.2 Å². The van der Waals surface area contributed by atoms with Crippen LogP contribution < -0.4 is 0 Å². The largest absolute Gasteiger partial charge is 0.389 e. The topological polar surface area (TPSA) is 58.3 Å². The highest BCUT2D eigenvalue weighted by atomic mass is 32.1. The number of hydrogen-bond acceptors (Lipinski definition) is 4. The van der Waals surface area contributed by atoms with Crippen molar-refractivity contribution < 1.29 is 10.2 Å². The van der Waals surface area contributed by atoms with Crippen molar-refractivity contribution in [3.05, 3.63) is 17.5 Å². The Bertz CT molecular complexity index is 314. The number of nitrogens with zero attached hydrogens (tertiary/aromatic N) is 2. The van der Waals surface area contributed by atoms with Crippen LogP contribution >= 0.6 is 12.6 Å². The first-order chi connectivity index (χ1) is 7.10. The summed E-state index contributed by atoms with van der Waals surface area (Å²) in [4.78, 5) is 0. The van der Waals surface area contributed by atoms with Crippen molar-refractivity contribution in [1.29, 1.82) is 0 Å². The minimum Gasteiger partial charge on any atom is -0.389 e. The number of aryl methyl sites for hydroxylation is 2. The Morgan fingerprint density at radius 3 is 2.73 bits per heavy atom. The lowest BCUT2D eigenvalue weighted by molar-refractivity contribution is 0.0333. The van der Waals surface area contributed by atoms with E-state index in [9.17, 15) is 10.2 Å². The minimum atomic E-state index is -0.895. The smallest absolute Gasteiger partial charge is 0.109 e. The summed E-state index contributed by atoms with van der Waals surface area (Å²) in [5, 5.41) is 23.5. The Balaban J connectivity index is 2.84. The summed E-state index contributed by atoms with van der Waals surface area (Å²) in [5.41, 5.74) is 1.45. The molecule has 0 saturated carbocycles. The molecule has 0 radical (unpaired) electrons. The lowest BCUT2D eigenvalue weighted by atomic mass is 10.1. The molecule has 5 heteroatoms. The third kappa shape index (κ3) is 2.96.